The van der Waals surface area contributed by atoms with Gasteiger partial charge in [-0.2, -0.15) is 0 Å². The molecule has 7 heteroatoms. The van der Waals surface area contributed by atoms with Gasteiger partial charge in [0, 0.05) is 24.1 Å². The highest BCUT2D eigenvalue weighted by molar-refractivity contribution is 7.85. The van der Waals surface area contributed by atoms with E-state index in [1.807, 2.05) is 25.1 Å². The van der Waals surface area contributed by atoms with Gasteiger partial charge in [0.05, 0.1) is 47.5 Å². The van der Waals surface area contributed by atoms with Crippen LogP contribution in [-0.4, -0.2) is 46.4 Å². The van der Waals surface area contributed by atoms with Gasteiger partial charge in [-0.25, -0.2) is 4.98 Å². The molecule has 0 fully saturated rings. The predicted molar refractivity (Wildman–Crippen MR) is 95.1 cm³/mol. The zero-order valence-corrected chi connectivity index (χ0v) is 15.1. The lowest BCUT2D eigenvalue weighted by Crippen LogP contribution is -2.23. The van der Waals surface area contributed by atoms with Crippen LogP contribution in [0.4, 0.5) is 0 Å². The largest absolute Gasteiger partial charge is 0.500 e. The number of rotatable bonds is 5. The Labute approximate surface area is 143 Å². The number of imidazole rings is 1. The van der Waals surface area contributed by atoms with Crippen LogP contribution in [0.3, 0.4) is 0 Å². The van der Waals surface area contributed by atoms with Crippen LogP contribution >= 0.6 is 0 Å². The standard InChI is InChI=1S/C17H21N3O3S/c1-10-8-18-15(11(2)16(10)23-4)9-24(21)17-19-13-6-5-12(22-3)7-14(13)20-17/h5-7,10H,8-9H2,1-4H3,(H,19,20)/t10?,24-/m0/s1. The average molecular weight is 347 g/mol. The van der Waals surface area contributed by atoms with Gasteiger partial charge in [0.15, 0.2) is 5.16 Å². The third-order valence-corrected chi connectivity index (χ3v) is 5.34. The van der Waals surface area contributed by atoms with Crippen molar-refractivity contribution in [3.8, 4) is 5.75 Å². The number of hydrogen-bond donors (Lipinski definition) is 1. The molecule has 1 aromatic carbocycles. The van der Waals surface area contributed by atoms with Crippen molar-refractivity contribution < 1.29 is 13.7 Å². The highest BCUT2D eigenvalue weighted by atomic mass is 32.2. The van der Waals surface area contributed by atoms with Crippen LogP contribution in [0.2, 0.25) is 0 Å². The lowest BCUT2D eigenvalue weighted by molar-refractivity contribution is 0.244. The average Bonchev–Trinajstić information content (AvgIpc) is 3.01. The highest BCUT2D eigenvalue weighted by Gasteiger charge is 2.23. The van der Waals surface area contributed by atoms with E-state index in [2.05, 4.69) is 21.9 Å². The zero-order valence-electron chi connectivity index (χ0n) is 14.3. The number of aromatic amines is 1. The lowest BCUT2D eigenvalue weighted by atomic mass is 9.99. The van der Waals surface area contributed by atoms with Crippen LogP contribution < -0.4 is 4.74 Å². The number of hydrogen-bond acceptors (Lipinski definition) is 5. The Hall–Kier alpha value is -2.15. The number of aromatic nitrogens is 2. The Morgan fingerprint density at radius 1 is 1.33 bits per heavy atom. The molecule has 1 unspecified atom stereocenters. The van der Waals surface area contributed by atoms with Crippen LogP contribution in [0.5, 0.6) is 5.75 Å². The third-order valence-electron chi connectivity index (χ3n) is 4.18. The highest BCUT2D eigenvalue weighted by Crippen LogP contribution is 2.24. The number of nitrogens with zero attached hydrogens (tertiary/aromatic N) is 2. The van der Waals surface area contributed by atoms with Crippen molar-refractivity contribution >= 4 is 27.5 Å². The van der Waals surface area contributed by atoms with Gasteiger partial charge in [-0.15, -0.1) is 0 Å². The van der Waals surface area contributed by atoms with Crippen LogP contribution in [0.25, 0.3) is 11.0 Å². The number of fused-ring (bicyclic) bond motifs is 1. The van der Waals surface area contributed by atoms with Gasteiger partial charge in [0.2, 0.25) is 0 Å². The summed E-state index contributed by atoms with van der Waals surface area (Å²) in [6.45, 7) is 4.70. The van der Waals surface area contributed by atoms with Gasteiger partial charge in [-0.3, -0.25) is 9.20 Å². The number of H-pyrrole nitrogens is 1. The summed E-state index contributed by atoms with van der Waals surface area (Å²) in [5.74, 6) is 2.23. The zero-order chi connectivity index (χ0) is 17.3. The topological polar surface area (TPSA) is 76.6 Å². The lowest BCUT2D eigenvalue weighted by Gasteiger charge is -2.22. The molecule has 24 heavy (non-hydrogen) atoms. The van der Waals surface area contributed by atoms with Crippen LogP contribution in [0, 0.1) is 5.92 Å². The second-order valence-corrected chi connectivity index (χ2v) is 7.16. The summed E-state index contributed by atoms with van der Waals surface area (Å²) in [5.41, 5.74) is 3.37. The molecule has 1 N–H and O–H groups in total. The summed E-state index contributed by atoms with van der Waals surface area (Å²) in [6.07, 6.45) is 0. The van der Waals surface area contributed by atoms with E-state index in [1.165, 1.54) is 0 Å². The van der Waals surface area contributed by atoms with Gasteiger partial charge in [-0.05, 0) is 19.1 Å². The Kier molecular flexibility index (Phi) is 4.71. The van der Waals surface area contributed by atoms with Gasteiger partial charge < -0.3 is 14.5 Å². The normalized spacial score (nSPS) is 19.3. The molecule has 0 bridgehead atoms. The summed E-state index contributed by atoms with van der Waals surface area (Å²) in [6, 6.07) is 5.52. The van der Waals surface area contributed by atoms with E-state index in [9.17, 15) is 4.21 Å². The molecule has 0 saturated heterocycles. The minimum atomic E-state index is -1.30. The van der Waals surface area contributed by atoms with E-state index >= 15 is 0 Å². The third kappa shape index (κ3) is 3.08. The van der Waals surface area contributed by atoms with Crippen LogP contribution in [0.1, 0.15) is 13.8 Å². The molecule has 1 aliphatic heterocycles. The van der Waals surface area contributed by atoms with Crippen molar-refractivity contribution in [2.75, 3.05) is 26.5 Å². The van der Waals surface area contributed by atoms with E-state index in [4.69, 9.17) is 9.47 Å². The summed E-state index contributed by atoms with van der Waals surface area (Å²) >= 11 is 0. The number of dihydropyridines is 1. The van der Waals surface area contributed by atoms with Gasteiger partial charge in [0.1, 0.15) is 11.5 Å². The number of nitrogens with one attached hydrogen (secondary N) is 1. The number of ether oxygens (including phenoxy) is 2. The SMILES string of the molecule is COC1=C(C)C(C[S@](=O)c2nc3ccc(OC)cc3[nH]2)=NCC1C. The first kappa shape index (κ1) is 16.7. The maximum Gasteiger partial charge on any atom is 0.197 e. The number of benzene rings is 1. The maximum absolute atomic E-state index is 12.7. The summed E-state index contributed by atoms with van der Waals surface area (Å²) in [5, 5.41) is 0.450. The van der Waals surface area contributed by atoms with E-state index in [0.29, 0.717) is 17.5 Å². The first-order chi connectivity index (χ1) is 11.5. The van der Waals surface area contributed by atoms with Crippen LogP contribution in [0.15, 0.2) is 39.7 Å². The van der Waals surface area contributed by atoms with E-state index in [-0.39, 0.29) is 5.92 Å². The second kappa shape index (κ2) is 6.76. The molecule has 0 amide bonds. The molecule has 128 valence electrons. The maximum atomic E-state index is 12.7. The molecule has 0 saturated carbocycles. The molecule has 2 aromatic rings. The Morgan fingerprint density at radius 3 is 2.83 bits per heavy atom. The molecule has 0 radical (unpaired) electrons. The smallest absolute Gasteiger partial charge is 0.197 e. The molecule has 1 aliphatic rings. The molecule has 0 aliphatic carbocycles. The van der Waals surface area contributed by atoms with Crippen molar-refractivity contribution in [3.63, 3.8) is 0 Å². The van der Waals surface area contributed by atoms with Gasteiger partial charge in [-0.1, -0.05) is 6.92 Å². The molecular weight excluding hydrogens is 326 g/mol. The van der Waals surface area contributed by atoms with E-state index in [0.717, 1.165) is 33.8 Å². The van der Waals surface area contributed by atoms with Crippen molar-refractivity contribution in [3.05, 3.63) is 29.5 Å². The number of aliphatic imine (C=N–C) groups is 1. The monoisotopic (exact) mass is 347 g/mol. The Morgan fingerprint density at radius 2 is 2.12 bits per heavy atom. The van der Waals surface area contributed by atoms with Crippen molar-refractivity contribution in [1.29, 1.82) is 0 Å². The summed E-state index contributed by atoms with van der Waals surface area (Å²) < 4.78 is 23.4. The minimum absolute atomic E-state index is 0.255. The van der Waals surface area contributed by atoms with Gasteiger partial charge in [0.25, 0.3) is 0 Å². The number of methoxy groups -OCH3 is 2. The molecule has 1 aromatic heterocycles. The first-order valence-corrected chi connectivity index (χ1v) is 9.06. The molecule has 3 rings (SSSR count). The van der Waals surface area contributed by atoms with Crippen molar-refractivity contribution in [2.24, 2.45) is 10.9 Å². The minimum Gasteiger partial charge on any atom is -0.500 e. The summed E-state index contributed by atoms with van der Waals surface area (Å²) in [4.78, 5) is 12.1. The van der Waals surface area contributed by atoms with Gasteiger partial charge >= 0.3 is 0 Å². The first-order valence-electron chi connectivity index (χ1n) is 7.74. The van der Waals surface area contributed by atoms with E-state index in [1.54, 1.807) is 14.2 Å². The summed E-state index contributed by atoms with van der Waals surface area (Å²) in [7, 11) is 1.98. The van der Waals surface area contributed by atoms with Crippen molar-refractivity contribution in [2.45, 2.75) is 19.0 Å². The molecule has 0 spiro atoms. The molecular formula is C17H21N3O3S. The fourth-order valence-electron chi connectivity index (χ4n) is 2.86. The Balaban J connectivity index is 1.84. The molecule has 2 heterocycles. The quantitative estimate of drug-likeness (QED) is 0.902. The molecule has 2 atom stereocenters. The fraction of sp³-hybridized carbons (Fsp3) is 0.412. The van der Waals surface area contributed by atoms with Crippen molar-refractivity contribution in [1.82, 2.24) is 9.97 Å². The van der Waals surface area contributed by atoms with E-state index < -0.39 is 10.8 Å². The van der Waals surface area contributed by atoms with Crippen LogP contribution in [-0.2, 0) is 15.5 Å². The predicted octanol–water partition coefficient (Wildman–Crippen LogP) is 2.69. The number of allylic oxidation sites excluding steroid dienone is 1. The Bertz CT molecular complexity index is 854. The fourth-order valence-corrected chi connectivity index (χ4v) is 3.98. The molecule has 6 nitrogen and oxygen atoms in total. The second-order valence-electron chi connectivity index (χ2n) is 5.80.